The molecule has 10 heteroatoms. The van der Waals surface area contributed by atoms with Crippen molar-refractivity contribution in [2.45, 2.75) is 45.7 Å². The number of nitrogens with one attached hydrogen (secondary N) is 1. The van der Waals surface area contributed by atoms with Crippen molar-refractivity contribution < 1.29 is 14.3 Å². The first-order valence-electron chi connectivity index (χ1n) is 15.7. The molecule has 5 N–H and O–H groups in total. The summed E-state index contributed by atoms with van der Waals surface area (Å²) in [6.45, 7) is 10.6. The highest BCUT2D eigenvalue weighted by Gasteiger charge is 2.33. The number of pyridine rings is 1. The zero-order valence-corrected chi connectivity index (χ0v) is 26.1. The molecule has 2 aromatic carbocycles. The number of benzene rings is 2. The summed E-state index contributed by atoms with van der Waals surface area (Å²) in [5, 5.41) is 2.95. The van der Waals surface area contributed by atoms with Crippen LogP contribution in [0.4, 0.5) is 11.4 Å². The number of carbonyl (C=O) groups excluding carboxylic acids is 2. The molecule has 2 atom stereocenters. The molecule has 3 heterocycles. The average Bonchev–Trinajstić information content (AvgIpc) is 3.49. The van der Waals surface area contributed by atoms with E-state index in [0.717, 1.165) is 59.6 Å². The van der Waals surface area contributed by atoms with Gasteiger partial charge in [0.1, 0.15) is 0 Å². The highest BCUT2D eigenvalue weighted by Crippen LogP contribution is 2.35. The number of nitrogens with zero attached hydrogens (tertiary/aromatic N) is 4. The van der Waals surface area contributed by atoms with Gasteiger partial charge in [0.15, 0.2) is 0 Å². The molecule has 0 aliphatic carbocycles. The van der Waals surface area contributed by atoms with E-state index in [1.54, 1.807) is 6.20 Å². The summed E-state index contributed by atoms with van der Waals surface area (Å²) in [6, 6.07) is 16.0. The first-order chi connectivity index (χ1) is 21.3. The molecule has 1 aromatic heterocycles. The number of piperazine rings is 1. The van der Waals surface area contributed by atoms with E-state index in [0.29, 0.717) is 50.8 Å². The van der Waals surface area contributed by atoms with Crippen molar-refractivity contribution in [3.8, 4) is 17.0 Å². The summed E-state index contributed by atoms with van der Waals surface area (Å²) in [4.78, 5) is 38.4. The summed E-state index contributed by atoms with van der Waals surface area (Å²) < 4.78 is 5.78. The number of anilines is 2. The minimum absolute atomic E-state index is 0.0334. The third kappa shape index (κ3) is 6.66. The first-order valence-corrected chi connectivity index (χ1v) is 15.7. The van der Waals surface area contributed by atoms with Crippen LogP contribution in [0.1, 0.15) is 53.0 Å². The van der Waals surface area contributed by atoms with E-state index in [4.69, 9.17) is 16.2 Å². The smallest absolute Gasteiger partial charge is 0.256 e. The second-order valence-electron chi connectivity index (χ2n) is 11.6. The van der Waals surface area contributed by atoms with Crippen LogP contribution in [-0.4, -0.2) is 86.2 Å². The molecule has 234 valence electrons. The zero-order valence-electron chi connectivity index (χ0n) is 26.1. The molecule has 5 rings (SSSR count). The Kier molecular flexibility index (Phi) is 10.0. The molecule has 0 spiro atoms. The fourth-order valence-electron chi connectivity index (χ4n) is 6.25. The van der Waals surface area contributed by atoms with Crippen molar-refractivity contribution in [1.29, 1.82) is 0 Å². The van der Waals surface area contributed by atoms with Gasteiger partial charge in [0.05, 0.1) is 17.7 Å². The third-order valence-electron chi connectivity index (χ3n) is 8.53. The average molecular weight is 600 g/mol. The van der Waals surface area contributed by atoms with Gasteiger partial charge in [-0.15, -0.1) is 0 Å². The van der Waals surface area contributed by atoms with Crippen LogP contribution in [0.25, 0.3) is 11.1 Å². The van der Waals surface area contributed by atoms with E-state index >= 15 is 0 Å². The topological polar surface area (TPSA) is 130 Å². The fraction of sp³-hybridized carbons (Fsp3) is 0.441. The third-order valence-corrected chi connectivity index (χ3v) is 8.53. The molecule has 2 aliphatic heterocycles. The lowest BCUT2D eigenvalue weighted by Crippen LogP contribution is -2.55. The lowest BCUT2D eigenvalue weighted by molar-refractivity contribution is 0.0720. The van der Waals surface area contributed by atoms with Crippen molar-refractivity contribution in [3.63, 3.8) is 0 Å². The van der Waals surface area contributed by atoms with Gasteiger partial charge in [0, 0.05) is 81.0 Å². The molecule has 2 aliphatic rings. The van der Waals surface area contributed by atoms with Gasteiger partial charge in [0.2, 0.25) is 5.88 Å². The van der Waals surface area contributed by atoms with Crippen LogP contribution in [0, 0.1) is 6.92 Å². The highest BCUT2D eigenvalue weighted by molar-refractivity contribution is 6.02. The molecule has 3 aromatic rings. The molecule has 0 radical (unpaired) electrons. The summed E-state index contributed by atoms with van der Waals surface area (Å²) in [7, 11) is 0. The van der Waals surface area contributed by atoms with Crippen molar-refractivity contribution in [2.24, 2.45) is 11.5 Å². The summed E-state index contributed by atoms with van der Waals surface area (Å²) in [5.41, 5.74) is 17.8. The Balaban J connectivity index is 1.43. The molecular weight excluding hydrogens is 554 g/mol. The second-order valence-corrected chi connectivity index (χ2v) is 11.6. The van der Waals surface area contributed by atoms with Crippen molar-refractivity contribution >= 4 is 23.2 Å². The zero-order chi connectivity index (χ0) is 31.2. The summed E-state index contributed by atoms with van der Waals surface area (Å²) >= 11 is 0. The Bertz CT molecular complexity index is 1480. The van der Waals surface area contributed by atoms with Gasteiger partial charge in [-0.05, 0) is 74.2 Å². The lowest BCUT2D eigenvalue weighted by atomic mass is 9.99. The molecule has 2 amide bonds. The van der Waals surface area contributed by atoms with Crippen molar-refractivity contribution in [3.05, 3.63) is 71.4 Å². The minimum atomic E-state index is -0.185. The van der Waals surface area contributed by atoms with Crippen LogP contribution in [0.3, 0.4) is 0 Å². The van der Waals surface area contributed by atoms with Crippen LogP contribution in [0.15, 0.2) is 54.7 Å². The van der Waals surface area contributed by atoms with Gasteiger partial charge in [-0.25, -0.2) is 4.98 Å². The summed E-state index contributed by atoms with van der Waals surface area (Å²) in [5.74, 6) is 0.381. The SMILES string of the molecule is CCOc1ncccc1-c1ccc(N2CCN(C(=O)c3ccc(C)cc3N3CC[C@H](N)C3)C[C@H]2CC)c(C(=O)NCCN)c1. The number of hydrogen-bond donors (Lipinski definition) is 3. The van der Waals surface area contributed by atoms with Crippen LogP contribution < -0.4 is 31.3 Å². The largest absolute Gasteiger partial charge is 0.478 e. The Labute approximate surface area is 260 Å². The minimum Gasteiger partial charge on any atom is -0.478 e. The number of ether oxygens (including phenoxy) is 1. The van der Waals surface area contributed by atoms with E-state index in [9.17, 15) is 9.59 Å². The van der Waals surface area contributed by atoms with Crippen LogP contribution in [-0.2, 0) is 0 Å². The fourth-order valence-corrected chi connectivity index (χ4v) is 6.25. The monoisotopic (exact) mass is 599 g/mol. The Morgan fingerprint density at radius 2 is 1.86 bits per heavy atom. The molecule has 0 bridgehead atoms. The maximum absolute atomic E-state index is 14.0. The second kappa shape index (κ2) is 14.1. The molecule has 2 fully saturated rings. The van der Waals surface area contributed by atoms with E-state index in [-0.39, 0.29) is 23.9 Å². The molecular formula is C34H45N7O3. The van der Waals surface area contributed by atoms with E-state index in [1.807, 2.05) is 54.3 Å². The van der Waals surface area contributed by atoms with Crippen molar-refractivity contribution in [1.82, 2.24) is 15.2 Å². The Hall–Kier alpha value is -4.15. The van der Waals surface area contributed by atoms with E-state index in [2.05, 4.69) is 40.0 Å². The van der Waals surface area contributed by atoms with Gasteiger partial charge in [-0.2, -0.15) is 0 Å². The molecule has 0 unspecified atom stereocenters. The Morgan fingerprint density at radius 3 is 2.59 bits per heavy atom. The van der Waals surface area contributed by atoms with Gasteiger partial charge in [-0.1, -0.05) is 19.1 Å². The number of aryl methyl sites for hydroxylation is 1. The maximum atomic E-state index is 14.0. The lowest BCUT2D eigenvalue weighted by Gasteiger charge is -2.43. The van der Waals surface area contributed by atoms with Crippen LogP contribution in [0.5, 0.6) is 5.88 Å². The number of rotatable bonds is 10. The predicted molar refractivity (Wildman–Crippen MR) is 176 cm³/mol. The number of aromatic nitrogens is 1. The van der Waals surface area contributed by atoms with Gasteiger partial charge in [-0.3, -0.25) is 9.59 Å². The summed E-state index contributed by atoms with van der Waals surface area (Å²) in [6.07, 6.45) is 3.43. The van der Waals surface area contributed by atoms with E-state index in [1.165, 1.54) is 0 Å². The van der Waals surface area contributed by atoms with Crippen LogP contribution in [0.2, 0.25) is 0 Å². The predicted octanol–water partition coefficient (Wildman–Crippen LogP) is 3.42. The number of carbonyl (C=O) groups is 2. The molecule has 44 heavy (non-hydrogen) atoms. The number of nitrogens with two attached hydrogens (primary N) is 2. The standard InChI is InChI=1S/C34H45N7O3/c1-4-26-22-40(34(43)28-10-8-23(3)19-31(28)39-16-12-25(36)21-39)17-18-41(26)30-11-9-24(20-29(30)32(42)37-15-13-35)27-7-6-14-38-33(27)44-5-2/h6-11,14,19-20,25-26H,4-5,12-13,15-18,21-22,35-36H2,1-3H3,(H,37,42)/t25-,26+/m0/s1. The molecule has 10 nitrogen and oxygen atoms in total. The van der Waals surface area contributed by atoms with Gasteiger partial charge >= 0.3 is 0 Å². The van der Waals surface area contributed by atoms with E-state index < -0.39 is 0 Å². The maximum Gasteiger partial charge on any atom is 0.256 e. The van der Waals surface area contributed by atoms with Crippen molar-refractivity contribution in [2.75, 3.05) is 62.2 Å². The normalized spacial score (nSPS) is 18.4. The first kappa shape index (κ1) is 31.3. The quantitative estimate of drug-likeness (QED) is 0.323. The highest BCUT2D eigenvalue weighted by atomic mass is 16.5. The van der Waals surface area contributed by atoms with Crippen LogP contribution >= 0.6 is 0 Å². The number of hydrogen-bond acceptors (Lipinski definition) is 8. The Morgan fingerprint density at radius 1 is 1.02 bits per heavy atom. The molecule has 0 saturated carbocycles. The van der Waals surface area contributed by atoms with Gasteiger partial charge < -0.3 is 36.2 Å². The molecule has 2 saturated heterocycles. The number of amides is 2. The van der Waals surface area contributed by atoms with Gasteiger partial charge in [0.25, 0.3) is 11.8 Å².